The van der Waals surface area contributed by atoms with Crippen molar-refractivity contribution in [3.63, 3.8) is 0 Å². The summed E-state index contributed by atoms with van der Waals surface area (Å²) in [4.78, 5) is 0. The van der Waals surface area contributed by atoms with Crippen LogP contribution in [0.3, 0.4) is 0 Å². The van der Waals surface area contributed by atoms with Crippen molar-refractivity contribution in [3.8, 4) is 5.75 Å². The predicted octanol–water partition coefficient (Wildman–Crippen LogP) is 2.89. The fourth-order valence-corrected chi connectivity index (χ4v) is 1.40. The van der Waals surface area contributed by atoms with Gasteiger partial charge in [0.25, 0.3) is 0 Å². The third-order valence-corrected chi connectivity index (χ3v) is 2.39. The highest BCUT2D eigenvalue weighted by Gasteiger charge is 1.96. The Morgan fingerprint density at radius 2 is 2.00 bits per heavy atom. The van der Waals surface area contributed by atoms with E-state index in [1.807, 2.05) is 31.2 Å². The Morgan fingerprint density at radius 1 is 1.29 bits per heavy atom. The normalized spacial score (nSPS) is 12.6. The smallest absolute Gasteiger partial charge is 0.118 e. The van der Waals surface area contributed by atoms with E-state index in [0.29, 0.717) is 6.61 Å². The van der Waals surface area contributed by atoms with Crippen LogP contribution in [0.5, 0.6) is 5.75 Å². The van der Waals surface area contributed by atoms with Gasteiger partial charge in [-0.15, -0.1) is 0 Å². The summed E-state index contributed by atoms with van der Waals surface area (Å²) in [5.41, 5.74) is 1.07. The topological polar surface area (TPSA) is 38.7 Å². The Morgan fingerprint density at radius 3 is 2.59 bits per heavy atom. The van der Waals surface area contributed by atoms with Crippen LogP contribution in [-0.4, -0.2) is 18.3 Å². The van der Waals surface area contributed by atoms with Crippen LogP contribution in [0.4, 0.5) is 0 Å². The Balaban J connectivity index is 2.30. The minimum Gasteiger partial charge on any atom is -0.497 e. The molecule has 0 aliphatic rings. The lowest BCUT2D eigenvalue weighted by Gasteiger charge is -2.05. The molecule has 3 nitrogen and oxygen atoms in total. The average molecular weight is 236 g/mol. The van der Waals surface area contributed by atoms with E-state index in [1.165, 1.54) is 0 Å². The molecule has 0 fully saturated rings. The minimum atomic E-state index is -0.407. The zero-order valence-electron chi connectivity index (χ0n) is 10.4. The molecule has 0 spiro atoms. The van der Waals surface area contributed by atoms with Crippen molar-refractivity contribution in [3.05, 3.63) is 42.2 Å². The van der Waals surface area contributed by atoms with E-state index in [-0.39, 0.29) is 0 Å². The highest BCUT2D eigenvalue weighted by molar-refractivity contribution is 5.26. The largest absolute Gasteiger partial charge is 0.497 e. The molecule has 0 heterocycles. The summed E-state index contributed by atoms with van der Waals surface area (Å²) in [6.45, 7) is 2.54. The SMILES string of the molecule is CCCC(O)/C=C/OCc1ccc(OC)cc1. The van der Waals surface area contributed by atoms with Crippen LogP contribution in [0, 0.1) is 0 Å². The van der Waals surface area contributed by atoms with Crippen molar-refractivity contribution < 1.29 is 14.6 Å². The van der Waals surface area contributed by atoms with Crippen molar-refractivity contribution in [2.24, 2.45) is 0 Å². The molecule has 3 heteroatoms. The van der Waals surface area contributed by atoms with Gasteiger partial charge in [0.2, 0.25) is 0 Å². The van der Waals surface area contributed by atoms with Crippen LogP contribution in [0.2, 0.25) is 0 Å². The van der Waals surface area contributed by atoms with Gasteiger partial charge >= 0.3 is 0 Å². The first-order valence-electron chi connectivity index (χ1n) is 5.85. The van der Waals surface area contributed by atoms with Crippen LogP contribution >= 0.6 is 0 Å². The number of rotatable bonds is 7. The molecule has 1 N–H and O–H groups in total. The fourth-order valence-electron chi connectivity index (χ4n) is 1.40. The number of hydrogen-bond acceptors (Lipinski definition) is 3. The molecule has 0 amide bonds. The summed E-state index contributed by atoms with van der Waals surface area (Å²) in [5.74, 6) is 0.836. The highest BCUT2D eigenvalue weighted by atomic mass is 16.5. The number of benzene rings is 1. The number of aliphatic hydroxyl groups is 1. The van der Waals surface area contributed by atoms with Gasteiger partial charge in [0.05, 0.1) is 19.5 Å². The molecule has 1 aromatic carbocycles. The monoisotopic (exact) mass is 236 g/mol. The summed E-state index contributed by atoms with van der Waals surface area (Å²) in [6.07, 6.45) is 4.56. The number of hydrogen-bond donors (Lipinski definition) is 1. The Hall–Kier alpha value is -1.48. The van der Waals surface area contributed by atoms with Crippen LogP contribution < -0.4 is 4.74 Å². The second kappa shape index (κ2) is 7.74. The summed E-state index contributed by atoms with van der Waals surface area (Å²) in [7, 11) is 1.64. The summed E-state index contributed by atoms with van der Waals surface area (Å²) < 4.78 is 10.4. The molecule has 0 saturated carbocycles. The van der Waals surface area contributed by atoms with Crippen molar-refractivity contribution in [2.75, 3.05) is 7.11 Å². The number of methoxy groups -OCH3 is 1. The average Bonchev–Trinajstić information content (AvgIpc) is 2.36. The number of ether oxygens (including phenoxy) is 2. The van der Waals surface area contributed by atoms with Crippen LogP contribution in [0.1, 0.15) is 25.3 Å². The summed E-state index contributed by atoms with van der Waals surface area (Å²) in [6, 6.07) is 7.70. The van der Waals surface area contributed by atoms with Crippen molar-refractivity contribution >= 4 is 0 Å². The maximum Gasteiger partial charge on any atom is 0.118 e. The molecule has 0 aliphatic carbocycles. The Kier molecular flexibility index (Phi) is 6.18. The molecule has 0 bridgehead atoms. The molecule has 1 rings (SSSR count). The minimum absolute atomic E-state index is 0.407. The molecule has 17 heavy (non-hydrogen) atoms. The molecule has 94 valence electrons. The van der Waals surface area contributed by atoms with Gasteiger partial charge in [-0.2, -0.15) is 0 Å². The summed E-state index contributed by atoms with van der Waals surface area (Å²) in [5, 5.41) is 9.43. The first-order valence-corrected chi connectivity index (χ1v) is 5.85. The molecule has 1 unspecified atom stereocenters. The van der Waals surface area contributed by atoms with Gasteiger partial charge in [-0.3, -0.25) is 0 Å². The number of aliphatic hydroxyl groups excluding tert-OH is 1. The molecule has 0 saturated heterocycles. The molecule has 0 aliphatic heterocycles. The van der Waals surface area contributed by atoms with E-state index < -0.39 is 6.10 Å². The van der Waals surface area contributed by atoms with Crippen molar-refractivity contribution in [2.45, 2.75) is 32.5 Å². The van der Waals surface area contributed by atoms with E-state index in [0.717, 1.165) is 24.2 Å². The molecule has 1 aromatic rings. The maximum absolute atomic E-state index is 9.43. The zero-order chi connectivity index (χ0) is 12.5. The van der Waals surface area contributed by atoms with Crippen LogP contribution in [0.15, 0.2) is 36.6 Å². The van der Waals surface area contributed by atoms with Crippen molar-refractivity contribution in [1.82, 2.24) is 0 Å². The van der Waals surface area contributed by atoms with Gasteiger partial charge in [0.15, 0.2) is 0 Å². The lowest BCUT2D eigenvalue weighted by atomic mass is 10.2. The Labute approximate surface area is 103 Å². The van der Waals surface area contributed by atoms with E-state index in [2.05, 4.69) is 0 Å². The molecule has 1 atom stereocenters. The first kappa shape index (κ1) is 13.6. The molecular formula is C14H20O3. The van der Waals surface area contributed by atoms with Crippen molar-refractivity contribution in [1.29, 1.82) is 0 Å². The quantitative estimate of drug-likeness (QED) is 0.740. The highest BCUT2D eigenvalue weighted by Crippen LogP contribution is 2.12. The lowest BCUT2D eigenvalue weighted by molar-refractivity contribution is 0.194. The van der Waals surface area contributed by atoms with Gasteiger partial charge < -0.3 is 14.6 Å². The zero-order valence-corrected chi connectivity index (χ0v) is 10.4. The second-order valence-electron chi connectivity index (χ2n) is 3.84. The predicted molar refractivity (Wildman–Crippen MR) is 67.8 cm³/mol. The van der Waals surface area contributed by atoms with E-state index >= 15 is 0 Å². The maximum atomic E-state index is 9.43. The fraction of sp³-hybridized carbons (Fsp3) is 0.429. The molecule has 0 aromatic heterocycles. The Bertz CT molecular complexity index is 330. The van der Waals surface area contributed by atoms with Gasteiger partial charge in [-0.05, 0) is 30.2 Å². The van der Waals surface area contributed by atoms with Gasteiger partial charge in [-0.25, -0.2) is 0 Å². The lowest BCUT2D eigenvalue weighted by Crippen LogP contribution is -2.00. The van der Waals surface area contributed by atoms with E-state index in [9.17, 15) is 5.11 Å². The van der Waals surface area contributed by atoms with E-state index in [4.69, 9.17) is 9.47 Å². The van der Waals surface area contributed by atoms with E-state index in [1.54, 1.807) is 19.4 Å². The standard InChI is InChI=1S/C14H20O3/c1-3-4-13(15)9-10-17-11-12-5-7-14(16-2)8-6-12/h5-10,13,15H,3-4,11H2,1-2H3/b10-9+. The van der Waals surface area contributed by atoms with Gasteiger partial charge in [0, 0.05) is 0 Å². The third kappa shape index (κ3) is 5.41. The second-order valence-corrected chi connectivity index (χ2v) is 3.84. The molecule has 0 radical (unpaired) electrons. The van der Waals surface area contributed by atoms with Gasteiger partial charge in [0.1, 0.15) is 12.4 Å². The van der Waals surface area contributed by atoms with Crippen LogP contribution in [-0.2, 0) is 11.3 Å². The molecular weight excluding hydrogens is 216 g/mol. The van der Waals surface area contributed by atoms with Gasteiger partial charge in [-0.1, -0.05) is 25.5 Å². The first-order chi connectivity index (χ1) is 8.26. The summed E-state index contributed by atoms with van der Waals surface area (Å²) >= 11 is 0. The van der Waals surface area contributed by atoms with Crippen LogP contribution in [0.25, 0.3) is 0 Å². The third-order valence-electron chi connectivity index (χ3n) is 2.39.